The van der Waals surface area contributed by atoms with Gasteiger partial charge >= 0.3 is 0 Å². The van der Waals surface area contributed by atoms with Crippen molar-refractivity contribution < 1.29 is 13.9 Å². The van der Waals surface area contributed by atoms with E-state index >= 15 is 0 Å². The molecule has 0 aliphatic carbocycles. The van der Waals surface area contributed by atoms with Gasteiger partial charge in [-0.2, -0.15) is 12.6 Å². The van der Waals surface area contributed by atoms with Crippen molar-refractivity contribution in [3.8, 4) is 5.75 Å². The summed E-state index contributed by atoms with van der Waals surface area (Å²) in [5.41, 5.74) is 0.835. The fourth-order valence-electron chi connectivity index (χ4n) is 1.41. The summed E-state index contributed by atoms with van der Waals surface area (Å²) in [5.74, 6) is -0.00274. The molecule has 0 N–H and O–H groups in total. The summed E-state index contributed by atoms with van der Waals surface area (Å²) in [6.45, 7) is 0.547. The van der Waals surface area contributed by atoms with Crippen LogP contribution in [0.4, 0.5) is 4.39 Å². The van der Waals surface area contributed by atoms with Crippen LogP contribution in [0.5, 0.6) is 5.75 Å². The van der Waals surface area contributed by atoms with Gasteiger partial charge in [-0.25, -0.2) is 4.39 Å². The van der Waals surface area contributed by atoms with Crippen LogP contribution in [0.2, 0.25) is 0 Å². The molecule has 0 aromatic heterocycles. The van der Waals surface area contributed by atoms with E-state index < -0.39 is 0 Å². The Morgan fingerprint density at radius 3 is 2.76 bits per heavy atom. The first kappa shape index (κ1) is 13.8. The number of thiol groups is 1. The van der Waals surface area contributed by atoms with Gasteiger partial charge in [0.1, 0.15) is 0 Å². The van der Waals surface area contributed by atoms with Crippen LogP contribution >= 0.6 is 12.6 Å². The van der Waals surface area contributed by atoms with Crippen LogP contribution < -0.4 is 4.74 Å². The maximum atomic E-state index is 13.4. The molecule has 0 heterocycles. The molecule has 0 saturated heterocycles. The Balaban J connectivity index is 2.58. The number of amides is 1. The molecular formula is C12H16FNO2S. The van der Waals surface area contributed by atoms with Crippen LogP contribution in [-0.4, -0.2) is 37.3 Å². The molecule has 1 aromatic carbocycles. The molecule has 0 bridgehead atoms. The van der Waals surface area contributed by atoms with Gasteiger partial charge in [0, 0.05) is 13.6 Å². The third-order valence-corrected chi connectivity index (χ3v) is 2.78. The molecule has 17 heavy (non-hydrogen) atoms. The van der Waals surface area contributed by atoms with E-state index in [0.29, 0.717) is 13.0 Å². The molecule has 0 aliphatic rings. The van der Waals surface area contributed by atoms with Crippen LogP contribution in [0.25, 0.3) is 0 Å². The van der Waals surface area contributed by atoms with Crippen LogP contribution in [0, 0.1) is 5.82 Å². The lowest BCUT2D eigenvalue weighted by Crippen LogP contribution is -2.29. The number of ether oxygens (including phenoxy) is 1. The lowest BCUT2D eigenvalue weighted by atomic mass is 10.1. The van der Waals surface area contributed by atoms with Crippen molar-refractivity contribution in [2.24, 2.45) is 0 Å². The summed E-state index contributed by atoms with van der Waals surface area (Å²) in [6.07, 6.45) is 0.608. The van der Waals surface area contributed by atoms with Crippen LogP contribution in [0.3, 0.4) is 0 Å². The van der Waals surface area contributed by atoms with Crippen molar-refractivity contribution >= 4 is 18.5 Å². The minimum Gasteiger partial charge on any atom is -0.494 e. The maximum absolute atomic E-state index is 13.4. The summed E-state index contributed by atoms with van der Waals surface area (Å²) < 4.78 is 18.2. The molecule has 1 rings (SSSR count). The SMILES string of the molecule is COc1ccc(CCN(C)C(=O)CS)cc1F. The van der Waals surface area contributed by atoms with E-state index in [1.807, 2.05) is 0 Å². The first-order valence-electron chi connectivity index (χ1n) is 5.25. The monoisotopic (exact) mass is 257 g/mol. The number of methoxy groups -OCH3 is 1. The predicted octanol–water partition coefficient (Wildman–Crippen LogP) is 1.77. The van der Waals surface area contributed by atoms with Gasteiger partial charge in [0.05, 0.1) is 12.9 Å². The Morgan fingerprint density at radius 2 is 2.24 bits per heavy atom. The molecule has 0 fully saturated rings. The van der Waals surface area contributed by atoms with E-state index in [0.717, 1.165) is 5.56 Å². The van der Waals surface area contributed by atoms with Crippen molar-refractivity contribution in [2.75, 3.05) is 26.5 Å². The standard InChI is InChI=1S/C12H16FNO2S/c1-14(12(15)8-17)6-5-9-3-4-11(16-2)10(13)7-9/h3-4,7,17H,5-6,8H2,1-2H3. The first-order chi connectivity index (χ1) is 8.08. The molecule has 5 heteroatoms. The first-order valence-corrected chi connectivity index (χ1v) is 5.89. The Kier molecular flexibility index (Phi) is 5.28. The number of halogens is 1. The lowest BCUT2D eigenvalue weighted by Gasteiger charge is -2.16. The van der Waals surface area contributed by atoms with Gasteiger partial charge in [0.15, 0.2) is 11.6 Å². The number of nitrogens with zero attached hydrogens (tertiary/aromatic N) is 1. The van der Waals surface area contributed by atoms with Crippen molar-refractivity contribution in [1.82, 2.24) is 4.90 Å². The molecule has 0 atom stereocenters. The zero-order valence-electron chi connectivity index (χ0n) is 9.94. The van der Waals surface area contributed by atoms with Crippen molar-refractivity contribution in [3.63, 3.8) is 0 Å². The highest BCUT2D eigenvalue weighted by Crippen LogP contribution is 2.17. The molecule has 1 amide bonds. The van der Waals surface area contributed by atoms with E-state index in [9.17, 15) is 9.18 Å². The number of carbonyl (C=O) groups is 1. The van der Waals surface area contributed by atoms with Crippen LogP contribution in [-0.2, 0) is 11.2 Å². The summed E-state index contributed by atoms with van der Waals surface area (Å²) in [4.78, 5) is 12.8. The second-order valence-electron chi connectivity index (χ2n) is 3.69. The molecule has 0 radical (unpaired) electrons. The van der Waals surface area contributed by atoms with Crippen LogP contribution in [0.15, 0.2) is 18.2 Å². The van der Waals surface area contributed by atoms with Crippen molar-refractivity contribution in [3.05, 3.63) is 29.6 Å². The maximum Gasteiger partial charge on any atom is 0.232 e. The third-order valence-electron chi connectivity index (χ3n) is 2.51. The van der Waals surface area contributed by atoms with Gasteiger partial charge in [-0.05, 0) is 24.1 Å². The van der Waals surface area contributed by atoms with Gasteiger partial charge in [-0.15, -0.1) is 0 Å². The summed E-state index contributed by atoms with van der Waals surface area (Å²) >= 11 is 3.91. The van der Waals surface area contributed by atoms with Crippen molar-refractivity contribution in [1.29, 1.82) is 0 Å². The summed E-state index contributed by atoms with van der Waals surface area (Å²) in [6, 6.07) is 4.81. The second-order valence-corrected chi connectivity index (χ2v) is 4.01. The second kappa shape index (κ2) is 6.49. The Labute approximate surface area is 106 Å². The number of benzene rings is 1. The highest BCUT2D eigenvalue weighted by atomic mass is 32.1. The molecule has 0 spiro atoms. The van der Waals surface area contributed by atoms with Gasteiger partial charge in [0.25, 0.3) is 0 Å². The highest BCUT2D eigenvalue weighted by Gasteiger charge is 2.07. The molecule has 1 aromatic rings. The number of likely N-dealkylation sites (N-methyl/N-ethyl adjacent to an activating group) is 1. The lowest BCUT2D eigenvalue weighted by molar-refractivity contribution is -0.127. The Hall–Kier alpha value is -1.23. The fourth-order valence-corrected chi connectivity index (χ4v) is 1.65. The van der Waals surface area contributed by atoms with E-state index in [1.165, 1.54) is 13.2 Å². The van der Waals surface area contributed by atoms with Gasteiger partial charge < -0.3 is 9.64 Å². The molecule has 94 valence electrons. The largest absolute Gasteiger partial charge is 0.494 e. The van der Waals surface area contributed by atoms with Crippen LogP contribution in [0.1, 0.15) is 5.56 Å². The molecule has 0 unspecified atom stereocenters. The number of hydrogen-bond donors (Lipinski definition) is 1. The zero-order valence-corrected chi connectivity index (χ0v) is 10.8. The van der Waals surface area contributed by atoms with Gasteiger partial charge in [-0.3, -0.25) is 4.79 Å². The topological polar surface area (TPSA) is 29.5 Å². The number of carbonyl (C=O) groups excluding carboxylic acids is 1. The molecule has 3 nitrogen and oxygen atoms in total. The Morgan fingerprint density at radius 1 is 1.53 bits per heavy atom. The Bertz CT molecular complexity index is 398. The summed E-state index contributed by atoms with van der Waals surface area (Å²) in [5, 5.41) is 0. The smallest absolute Gasteiger partial charge is 0.232 e. The van der Waals surface area contributed by atoms with E-state index in [4.69, 9.17) is 4.74 Å². The highest BCUT2D eigenvalue weighted by molar-refractivity contribution is 7.81. The summed E-state index contributed by atoms with van der Waals surface area (Å²) in [7, 11) is 3.13. The average molecular weight is 257 g/mol. The fraction of sp³-hybridized carbons (Fsp3) is 0.417. The molecule has 0 aliphatic heterocycles. The minimum absolute atomic E-state index is 0.0395. The predicted molar refractivity (Wildman–Crippen MR) is 68.1 cm³/mol. The third kappa shape index (κ3) is 3.93. The normalized spacial score (nSPS) is 10.1. The molecular weight excluding hydrogens is 241 g/mol. The number of rotatable bonds is 5. The molecule has 0 saturated carbocycles. The quantitative estimate of drug-likeness (QED) is 0.815. The number of hydrogen-bond acceptors (Lipinski definition) is 3. The van der Waals surface area contributed by atoms with E-state index in [2.05, 4.69) is 12.6 Å². The van der Waals surface area contributed by atoms with Crippen molar-refractivity contribution in [2.45, 2.75) is 6.42 Å². The van der Waals surface area contributed by atoms with E-state index in [-0.39, 0.29) is 23.2 Å². The average Bonchev–Trinajstić information content (AvgIpc) is 2.35. The minimum atomic E-state index is -0.381. The van der Waals surface area contributed by atoms with Gasteiger partial charge in [-0.1, -0.05) is 6.07 Å². The zero-order chi connectivity index (χ0) is 12.8. The van der Waals surface area contributed by atoms with E-state index in [1.54, 1.807) is 24.1 Å². The van der Waals surface area contributed by atoms with Gasteiger partial charge in [0.2, 0.25) is 5.91 Å².